The number of nitrogens with one attached hydrogen (secondary N) is 2. The highest BCUT2D eigenvalue weighted by Gasteiger charge is 2.05. The van der Waals surface area contributed by atoms with Gasteiger partial charge in [0.25, 0.3) is 0 Å². The van der Waals surface area contributed by atoms with Crippen LogP contribution in [-0.4, -0.2) is 28.4 Å². The highest BCUT2D eigenvalue weighted by Crippen LogP contribution is 2.11. The van der Waals surface area contributed by atoms with Gasteiger partial charge in [-0.05, 0) is 62.6 Å². The summed E-state index contributed by atoms with van der Waals surface area (Å²) < 4.78 is 15.3. The fraction of sp³-hybridized carbons (Fsp3) is 0.333. The number of nitrogens with zero attached hydrogens (tertiary/aromatic N) is 3. The molecule has 0 saturated heterocycles. The van der Waals surface area contributed by atoms with Crippen LogP contribution < -0.4 is 10.6 Å². The number of guanidine groups is 1. The minimum atomic E-state index is -0.193. The lowest BCUT2D eigenvalue weighted by molar-refractivity contribution is 0.625. The van der Waals surface area contributed by atoms with E-state index in [0.717, 1.165) is 53.6 Å². The Hall–Kier alpha value is -2.16. The van der Waals surface area contributed by atoms with E-state index in [9.17, 15) is 4.39 Å². The molecule has 0 aliphatic heterocycles. The lowest BCUT2D eigenvalue weighted by atomic mass is 10.1. The van der Waals surface area contributed by atoms with Crippen molar-refractivity contribution in [2.24, 2.45) is 4.99 Å². The van der Waals surface area contributed by atoms with E-state index in [0.29, 0.717) is 6.54 Å². The molecule has 1 aromatic carbocycles. The van der Waals surface area contributed by atoms with Gasteiger partial charge in [-0.2, -0.15) is 0 Å². The second-order valence-electron chi connectivity index (χ2n) is 6.57. The van der Waals surface area contributed by atoms with Crippen LogP contribution in [0, 0.1) is 19.7 Å². The normalized spacial score (nSPS) is 11.4. The highest BCUT2D eigenvalue weighted by atomic mass is 127. The number of aryl methyl sites for hydroxylation is 2. The first-order chi connectivity index (χ1) is 13.1. The van der Waals surface area contributed by atoms with Crippen molar-refractivity contribution in [3.63, 3.8) is 0 Å². The Morgan fingerprint density at radius 2 is 2.00 bits per heavy atom. The number of benzene rings is 1. The number of pyridine rings is 1. The Balaban J connectivity index is 0.00000280. The average molecular weight is 495 g/mol. The zero-order valence-corrected chi connectivity index (χ0v) is 18.8. The topological polar surface area (TPSA) is 53.7 Å². The molecule has 0 fully saturated rings. The van der Waals surface area contributed by atoms with Gasteiger partial charge in [0.05, 0.1) is 12.2 Å². The van der Waals surface area contributed by atoms with Crippen LogP contribution >= 0.6 is 24.0 Å². The van der Waals surface area contributed by atoms with Gasteiger partial charge >= 0.3 is 0 Å². The molecule has 28 heavy (non-hydrogen) atoms. The SMILES string of the molecule is CCNC(=NCc1cn2c(C)cccc2n1)NCCc1ccc(F)cc1C.I. The minimum absolute atomic E-state index is 0. The van der Waals surface area contributed by atoms with E-state index in [1.165, 1.54) is 6.07 Å². The van der Waals surface area contributed by atoms with Gasteiger partial charge in [0, 0.05) is 25.0 Å². The van der Waals surface area contributed by atoms with Gasteiger partial charge < -0.3 is 15.0 Å². The Labute approximate surface area is 182 Å². The first-order valence-corrected chi connectivity index (χ1v) is 9.27. The van der Waals surface area contributed by atoms with Crippen molar-refractivity contribution in [2.45, 2.75) is 33.7 Å². The van der Waals surface area contributed by atoms with Crippen molar-refractivity contribution in [1.82, 2.24) is 20.0 Å². The molecule has 5 nitrogen and oxygen atoms in total. The summed E-state index contributed by atoms with van der Waals surface area (Å²) in [6.45, 7) is 8.05. The van der Waals surface area contributed by atoms with Crippen LogP contribution in [0.3, 0.4) is 0 Å². The molecule has 0 atom stereocenters. The maximum atomic E-state index is 13.2. The molecular weight excluding hydrogens is 468 g/mol. The Morgan fingerprint density at radius 1 is 1.18 bits per heavy atom. The molecule has 2 heterocycles. The molecule has 0 aliphatic rings. The third kappa shape index (κ3) is 5.67. The summed E-state index contributed by atoms with van der Waals surface area (Å²) in [5.41, 5.74) is 5.12. The molecule has 0 unspecified atom stereocenters. The van der Waals surface area contributed by atoms with Crippen molar-refractivity contribution >= 4 is 35.6 Å². The molecule has 2 aromatic heterocycles. The molecule has 2 N–H and O–H groups in total. The summed E-state index contributed by atoms with van der Waals surface area (Å²) in [5.74, 6) is 0.563. The van der Waals surface area contributed by atoms with Crippen LogP contribution in [0.5, 0.6) is 0 Å². The molecule has 3 rings (SSSR count). The monoisotopic (exact) mass is 495 g/mol. The van der Waals surface area contributed by atoms with Gasteiger partial charge in [-0.25, -0.2) is 14.4 Å². The standard InChI is InChI=1S/C21H26FN5.HI/c1-4-23-21(24-11-10-17-8-9-18(22)12-15(17)2)25-13-19-14-27-16(3)6-5-7-20(27)26-19;/h5-9,12,14H,4,10-11,13H2,1-3H3,(H2,23,24,25);1H. The fourth-order valence-corrected chi connectivity index (χ4v) is 3.03. The smallest absolute Gasteiger partial charge is 0.191 e. The average Bonchev–Trinajstić information content (AvgIpc) is 3.06. The fourth-order valence-electron chi connectivity index (χ4n) is 3.03. The number of halogens is 2. The third-order valence-electron chi connectivity index (χ3n) is 4.48. The van der Waals surface area contributed by atoms with E-state index >= 15 is 0 Å². The first kappa shape index (κ1) is 22.1. The van der Waals surface area contributed by atoms with Gasteiger partial charge in [-0.1, -0.05) is 12.1 Å². The lowest BCUT2D eigenvalue weighted by Crippen LogP contribution is -2.38. The lowest BCUT2D eigenvalue weighted by Gasteiger charge is -2.12. The van der Waals surface area contributed by atoms with Crippen LogP contribution in [0.15, 0.2) is 47.6 Å². The number of imidazole rings is 1. The Morgan fingerprint density at radius 3 is 2.71 bits per heavy atom. The Kier molecular flexibility index (Phi) is 8.22. The van der Waals surface area contributed by atoms with Gasteiger partial charge in [-0.15, -0.1) is 24.0 Å². The van der Waals surface area contributed by atoms with Crippen LogP contribution in [0.4, 0.5) is 4.39 Å². The molecule has 150 valence electrons. The number of aliphatic imine (C=N–C) groups is 1. The maximum Gasteiger partial charge on any atom is 0.191 e. The van der Waals surface area contributed by atoms with E-state index in [4.69, 9.17) is 0 Å². The summed E-state index contributed by atoms with van der Waals surface area (Å²) in [6.07, 6.45) is 2.84. The van der Waals surface area contributed by atoms with Crippen LogP contribution in [0.25, 0.3) is 5.65 Å². The molecule has 0 amide bonds. The molecule has 0 aliphatic carbocycles. The van der Waals surface area contributed by atoms with Crippen molar-refractivity contribution in [1.29, 1.82) is 0 Å². The zero-order valence-electron chi connectivity index (χ0n) is 16.5. The summed E-state index contributed by atoms with van der Waals surface area (Å²) in [4.78, 5) is 9.25. The van der Waals surface area contributed by atoms with Crippen LogP contribution in [-0.2, 0) is 13.0 Å². The minimum Gasteiger partial charge on any atom is -0.357 e. The number of rotatable bonds is 6. The predicted octanol–water partition coefficient (Wildman–Crippen LogP) is 4.01. The summed E-state index contributed by atoms with van der Waals surface area (Å²) >= 11 is 0. The second-order valence-corrected chi connectivity index (χ2v) is 6.57. The van der Waals surface area contributed by atoms with E-state index in [1.54, 1.807) is 6.07 Å². The van der Waals surface area contributed by atoms with Gasteiger partial charge in [0.2, 0.25) is 0 Å². The zero-order chi connectivity index (χ0) is 19.2. The van der Waals surface area contributed by atoms with E-state index in [2.05, 4.69) is 38.0 Å². The van der Waals surface area contributed by atoms with E-state index in [-0.39, 0.29) is 29.8 Å². The summed E-state index contributed by atoms with van der Waals surface area (Å²) in [7, 11) is 0. The number of fused-ring (bicyclic) bond motifs is 1. The second kappa shape index (κ2) is 10.4. The van der Waals surface area contributed by atoms with Gasteiger partial charge in [0.1, 0.15) is 11.5 Å². The molecule has 0 saturated carbocycles. The largest absolute Gasteiger partial charge is 0.357 e. The molecule has 0 bridgehead atoms. The van der Waals surface area contributed by atoms with Crippen molar-refractivity contribution in [3.05, 3.63) is 70.9 Å². The molecule has 0 radical (unpaired) electrons. The molecule has 0 spiro atoms. The molecular formula is C21H27FIN5. The predicted molar refractivity (Wildman–Crippen MR) is 123 cm³/mol. The first-order valence-electron chi connectivity index (χ1n) is 9.27. The van der Waals surface area contributed by atoms with Gasteiger partial charge in [-0.3, -0.25) is 0 Å². The highest BCUT2D eigenvalue weighted by molar-refractivity contribution is 14.0. The molecule has 7 heteroatoms. The van der Waals surface area contributed by atoms with Gasteiger partial charge in [0.15, 0.2) is 5.96 Å². The molecule has 3 aromatic rings. The van der Waals surface area contributed by atoms with E-state index in [1.807, 2.05) is 38.2 Å². The summed E-state index contributed by atoms with van der Waals surface area (Å²) in [5, 5.41) is 6.59. The van der Waals surface area contributed by atoms with Crippen LogP contribution in [0.1, 0.15) is 29.4 Å². The Bertz CT molecular complexity index is 951. The van der Waals surface area contributed by atoms with E-state index < -0.39 is 0 Å². The third-order valence-corrected chi connectivity index (χ3v) is 4.48. The number of aromatic nitrogens is 2. The van der Waals surface area contributed by atoms with Crippen molar-refractivity contribution in [2.75, 3.05) is 13.1 Å². The maximum absolute atomic E-state index is 13.2. The van der Waals surface area contributed by atoms with Crippen LogP contribution in [0.2, 0.25) is 0 Å². The number of hydrogen-bond donors (Lipinski definition) is 2. The summed E-state index contributed by atoms with van der Waals surface area (Å²) in [6, 6.07) is 11.0. The quantitative estimate of drug-likeness (QED) is 0.309. The van der Waals surface area contributed by atoms with Crippen molar-refractivity contribution < 1.29 is 4.39 Å². The number of hydrogen-bond acceptors (Lipinski definition) is 2. The van der Waals surface area contributed by atoms with Crippen molar-refractivity contribution in [3.8, 4) is 0 Å².